The van der Waals surface area contributed by atoms with Crippen molar-refractivity contribution in [2.75, 3.05) is 6.61 Å². The monoisotopic (exact) mass is 330 g/mol. The molecule has 0 aromatic carbocycles. The van der Waals surface area contributed by atoms with Gasteiger partial charge in [0.2, 0.25) is 0 Å². The number of carbonyl (C=O) groups is 2. The Morgan fingerprint density at radius 2 is 1.90 bits per heavy atom. The lowest BCUT2D eigenvalue weighted by molar-refractivity contribution is -0.162. The van der Waals surface area contributed by atoms with Gasteiger partial charge in [0, 0.05) is 5.57 Å². The molecule has 0 radical (unpaired) electrons. The Labute approximate surface area is 120 Å². The van der Waals surface area contributed by atoms with Gasteiger partial charge >= 0.3 is 27.3 Å². The third kappa shape index (κ3) is 6.17. The maximum atomic E-state index is 12.8. The van der Waals surface area contributed by atoms with E-state index in [2.05, 4.69) is 11.3 Å². The first-order valence-corrected chi connectivity index (χ1v) is 7.22. The lowest BCUT2D eigenvalue weighted by Gasteiger charge is -2.14. The van der Waals surface area contributed by atoms with Crippen LogP contribution in [0.25, 0.3) is 0 Å². The van der Waals surface area contributed by atoms with E-state index in [1.807, 2.05) is 0 Å². The molecule has 0 rings (SSSR count). The van der Waals surface area contributed by atoms with Crippen molar-refractivity contribution in [3.05, 3.63) is 12.2 Å². The summed E-state index contributed by atoms with van der Waals surface area (Å²) in [6.45, 7) is 5.84. The largest absolute Gasteiger partial charge is 0.465 e. The molecule has 122 valence electrons. The number of alkyl halides is 2. The first-order chi connectivity index (χ1) is 9.39. The molecule has 21 heavy (non-hydrogen) atoms. The maximum absolute atomic E-state index is 12.8. The smallest absolute Gasteiger partial charge is 0.460 e. The zero-order valence-electron chi connectivity index (χ0n) is 11.5. The first kappa shape index (κ1) is 19.4. The fourth-order valence-electron chi connectivity index (χ4n) is 1.07. The van der Waals surface area contributed by atoms with E-state index in [9.17, 15) is 26.8 Å². The van der Waals surface area contributed by atoms with Crippen molar-refractivity contribution in [2.24, 2.45) is 0 Å². The van der Waals surface area contributed by atoms with E-state index in [-0.39, 0.29) is 18.4 Å². The average Bonchev–Trinajstić information content (AvgIpc) is 2.32. The Morgan fingerprint density at radius 3 is 2.33 bits per heavy atom. The zero-order valence-corrected chi connectivity index (χ0v) is 12.3. The molecule has 0 aromatic rings. The lowest BCUT2D eigenvalue weighted by atomic mass is 10.2. The van der Waals surface area contributed by atoms with Crippen LogP contribution in [-0.2, 0) is 29.2 Å². The minimum absolute atomic E-state index is 0.0535. The quantitative estimate of drug-likeness (QED) is 0.309. The first-order valence-electron chi connectivity index (χ1n) is 5.78. The van der Waals surface area contributed by atoms with E-state index in [1.165, 1.54) is 13.8 Å². The molecule has 0 aliphatic carbocycles. The molecule has 1 unspecified atom stereocenters. The SMILES string of the molecule is C=C(C)C(=O)OC(C)CCCOC(=O)C(F)(F)S(=O)(=O)O. The highest BCUT2D eigenvalue weighted by Gasteiger charge is 2.54. The second-order valence-corrected chi connectivity index (χ2v) is 5.73. The van der Waals surface area contributed by atoms with Crippen LogP contribution in [0.5, 0.6) is 0 Å². The summed E-state index contributed by atoms with van der Waals surface area (Å²) in [6.07, 6.45) is -0.309. The molecular formula is C11H16F2O7S. The fraction of sp³-hybridized carbons (Fsp3) is 0.636. The van der Waals surface area contributed by atoms with Crippen LogP contribution in [-0.4, -0.2) is 42.9 Å². The minimum Gasteiger partial charge on any atom is -0.460 e. The lowest BCUT2D eigenvalue weighted by Crippen LogP contribution is -2.39. The molecule has 0 aliphatic heterocycles. The molecule has 0 aliphatic rings. The summed E-state index contributed by atoms with van der Waals surface area (Å²) in [6, 6.07) is 0. The number of ether oxygens (including phenoxy) is 2. The topological polar surface area (TPSA) is 107 Å². The number of hydrogen-bond donors (Lipinski definition) is 1. The molecule has 0 saturated carbocycles. The molecule has 1 atom stereocenters. The van der Waals surface area contributed by atoms with Gasteiger partial charge in [0.05, 0.1) is 12.7 Å². The Hall–Kier alpha value is -1.55. The zero-order chi connectivity index (χ0) is 16.8. The summed E-state index contributed by atoms with van der Waals surface area (Å²) in [4.78, 5) is 22.0. The third-order valence-electron chi connectivity index (χ3n) is 2.21. The van der Waals surface area contributed by atoms with Gasteiger partial charge in [0.25, 0.3) is 0 Å². The summed E-state index contributed by atoms with van der Waals surface area (Å²) in [5.41, 5.74) is 0.195. The number of rotatable bonds is 8. The highest BCUT2D eigenvalue weighted by atomic mass is 32.2. The molecule has 0 saturated heterocycles. The van der Waals surface area contributed by atoms with Crippen LogP contribution in [0.1, 0.15) is 26.7 Å². The molecule has 10 heteroatoms. The van der Waals surface area contributed by atoms with Crippen molar-refractivity contribution in [3.8, 4) is 0 Å². The van der Waals surface area contributed by atoms with Crippen molar-refractivity contribution in [1.29, 1.82) is 0 Å². The van der Waals surface area contributed by atoms with Crippen LogP contribution in [0.15, 0.2) is 12.2 Å². The standard InChI is InChI=1S/C11H16F2O7S/c1-7(2)9(14)20-8(3)5-4-6-19-10(15)11(12,13)21(16,17)18/h8H,1,4-6H2,2-3H3,(H,16,17,18). The van der Waals surface area contributed by atoms with E-state index in [0.29, 0.717) is 0 Å². The van der Waals surface area contributed by atoms with Gasteiger partial charge in [-0.25, -0.2) is 9.59 Å². The summed E-state index contributed by atoms with van der Waals surface area (Å²) < 4.78 is 63.2. The number of hydrogen-bond acceptors (Lipinski definition) is 6. The molecule has 1 N–H and O–H groups in total. The molecule has 0 aromatic heterocycles. The van der Waals surface area contributed by atoms with Crippen molar-refractivity contribution < 1.29 is 40.8 Å². The van der Waals surface area contributed by atoms with Crippen LogP contribution < -0.4 is 0 Å². The molecule has 0 bridgehead atoms. The number of halogens is 2. The Kier molecular flexibility index (Phi) is 6.91. The highest BCUT2D eigenvalue weighted by molar-refractivity contribution is 7.87. The summed E-state index contributed by atoms with van der Waals surface area (Å²) in [5, 5.41) is -5.01. The van der Waals surface area contributed by atoms with E-state index < -0.39 is 40.0 Å². The van der Waals surface area contributed by atoms with E-state index in [1.54, 1.807) is 0 Å². The summed E-state index contributed by atoms with van der Waals surface area (Å²) in [7, 11) is -5.87. The van der Waals surface area contributed by atoms with E-state index in [4.69, 9.17) is 9.29 Å². The van der Waals surface area contributed by atoms with Gasteiger partial charge in [-0.1, -0.05) is 6.58 Å². The highest BCUT2D eigenvalue weighted by Crippen LogP contribution is 2.22. The van der Waals surface area contributed by atoms with Gasteiger partial charge in [-0.05, 0) is 26.7 Å². The predicted octanol–water partition coefficient (Wildman–Crippen LogP) is 1.30. The molecule has 0 amide bonds. The van der Waals surface area contributed by atoms with Crippen LogP contribution in [0, 0.1) is 0 Å². The maximum Gasteiger partial charge on any atom is 0.465 e. The van der Waals surface area contributed by atoms with E-state index in [0.717, 1.165) is 0 Å². The van der Waals surface area contributed by atoms with Gasteiger partial charge in [0.1, 0.15) is 0 Å². The average molecular weight is 330 g/mol. The molecule has 0 fully saturated rings. The summed E-state index contributed by atoms with van der Waals surface area (Å²) >= 11 is 0. The van der Waals surface area contributed by atoms with E-state index >= 15 is 0 Å². The van der Waals surface area contributed by atoms with Crippen LogP contribution in [0.4, 0.5) is 8.78 Å². The Morgan fingerprint density at radius 1 is 1.38 bits per heavy atom. The molecule has 0 spiro atoms. The predicted molar refractivity (Wildman–Crippen MR) is 67.1 cm³/mol. The number of esters is 2. The van der Waals surface area contributed by atoms with Crippen molar-refractivity contribution in [3.63, 3.8) is 0 Å². The fourth-order valence-corrected chi connectivity index (χ4v) is 1.34. The van der Waals surface area contributed by atoms with Gasteiger partial charge in [-0.15, -0.1) is 0 Å². The normalized spacial score (nSPS) is 13.4. The van der Waals surface area contributed by atoms with Gasteiger partial charge in [0.15, 0.2) is 0 Å². The van der Waals surface area contributed by atoms with Crippen molar-refractivity contribution in [1.82, 2.24) is 0 Å². The molecule has 7 nitrogen and oxygen atoms in total. The van der Waals surface area contributed by atoms with Gasteiger partial charge < -0.3 is 9.47 Å². The molecular weight excluding hydrogens is 314 g/mol. The van der Waals surface area contributed by atoms with Crippen molar-refractivity contribution >= 4 is 22.1 Å². The minimum atomic E-state index is -5.87. The second-order valence-electron chi connectivity index (χ2n) is 4.27. The Bertz CT molecular complexity index is 513. The number of carbonyl (C=O) groups excluding carboxylic acids is 2. The second kappa shape index (κ2) is 7.46. The third-order valence-corrected chi connectivity index (χ3v) is 3.02. The Balaban J connectivity index is 4.15. The van der Waals surface area contributed by atoms with Crippen LogP contribution in [0.3, 0.4) is 0 Å². The van der Waals surface area contributed by atoms with Crippen LogP contribution in [0.2, 0.25) is 0 Å². The van der Waals surface area contributed by atoms with Gasteiger partial charge in [-0.2, -0.15) is 17.2 Å². The van der Waals surface area contributed by atoms with Gasteiger partial charge in [-0.3, -0.25) is 4.55 Å². The summed E-state index contributed by atoms with van der Waals surface area (Å²) in [5.74, 6) is -2.98. The van der Waals surface area contributed by atoms with Crippen molar-refractivity contribution in [2.45, 2.75) is 38.0 Å². The van der Waals surface area contributed by atoms with Crippen LogP contribution >= 0.6 is 0 Å². The molecule has 0 heterocycles.